The summed E-state index contributed by atoms with van der Waals surface area (Å²) in [6.07, 6.45) is 1.32. The minimum absolute atomic E-state index is 0.183. The number of nitriles is 1. The topological polar surface area (TPSA) is 102 Å². The van der Waals surface area contributed by atoms with E-state index >= 15 is 0 Å². The van der Waals surface area contributed by atoms with Crippen LogP contribution in [0.3, 0.4) is 0 Å². The Morgan fingerprint density at radius 1 is 1.14 bits per heavy atom. The zero-order valence-corrected chi connectivity index (χ0v) is 20.7. The van der Waals surface area contributed by atoms with Crippen LogP contribution in [0.2, 0.25) is 0 Å². The number of amides is 1. The molecule has 4 heterocycles. The second-order valence-electron chi connectivity index (χ2n) is 9.60. The standard InChI is InChI=1S/C27H24FN7O2/c1-27(15-29)9-11-35(27)26(36)22-14-20(16-4-6-18(28)7-5-16)24-19-13-21(25-30-32-33(2)31-25)23(37-3)12-17(19)8-10-34(22)24/h4-7,12-14H,8-11H2,1-3H3/t27-/m1/s1. The molecule has 2 aromatic carbocycles. The summed E-state index contributed by atoms with van der Waals surface area (Å²) in [5, 5.41) is 22.2. The fourth-order valence-corrected chi connectivity index (χ4v) is 5.25. The van der Waals surface area contributed by atoms with Crippen molar-refractivity contribution in [1.82, 2.24) is 29.7 Å². The number of carbonyl (C=O) groups excluding carboxylic acids is 1. The van der Waals surface area contributed by atoms with Gasteiger partial charge in [-0.3, -0.25) is 4.79 Å². The average Bonchev–Trinajstić information content (AvgIpc) is 3.51. The zero-order valence-electron chi connectivity index (χ0n) is 20.7. The molecule has 0 N–H and O–H groups in total. The van der Waals surface area contributed by atoms with E-state index in [2.05, 4.69) is 21.5 Å². The number of aromatic nitrogens is 5. The van der Waals surface area contributed by atoms with Crippen LogP contribution in [0.5, 0.6) is 5.75 Å². The number of nitrogens with zero attached hydrogens (tertiary/aromatic N) is 7. The van der Waals surface area contributed by atoms with Gasteiger partial charge in [-0.2, -0.15) is 10.1 Å². The van der Waals surface area contributed by atoms with E-state index in [0.29, 0.717) is 48.8 Å². The van der Waals surface area contributed by atoms with E-state index in [1.807, 2.05) is 22.8 Å². The summed E-state index contributed by atoms with van der Waals surface area (Å²) in [6.45, 7) is 2.90. The summed E-state index contributed by atoms with van der Waals surface area (Å²) >= 11 is 0. The van der Waals surface area contributed by atoms with Gasteiger partial charge in [-0.05, 0) is 60.0 Å². The maximum Gasteiger partial charge on any atom is 0.271 e. The zero-order chi connectivity index (χ0) is 25.9. The Bertz CT molecular complexity index is 1600. The number of hydrogen-bond donors (Lipinski definition) is 0. The normalized spacial score (nSPS) is 18.0. The summed E-state index contributed by atoms with van der Waals surface area (Å²) in [6, 6.07) is 14.3. The van der Waals surface area contributed by atoms with Gasteiger partial charge >= 0.3 is 0 Å². The van der Waals surface area contributed by atoms with Crippen molar-refractivity contribution in [3.8, 4) is 45.6 Å². The molecule has 2 aromatic heterocycles. The highest BCUT2D eigenvalue weighted by Gasteiger charge is 2.45. The molecule has 0 spiro atoms. The molecule has 1 saturated heterocycles. The van der Waals surface area contributed by atoms with Crippen molar-refractivity contribution in [2.45, 2.75) is 31.8 Å². The third kappa shape index (κ3) is 3.49. The number of rotatable bonds is 4. The van der Waals surface area contributed by atoms with E-state index in [-0.39, 0.29) is 11.7 Å². The molecular formula is C27H24FN7O2. The molecule has 2 aliphatic rings. The fraction of sp³-hybridized carbons (Fsp3) is 0.296. The van der Waals surface area contributed by atoms with Gasteiger partial charge in [0.1, 0.15) is 22.8 Å². The molecule has 2 aliphatic heterocycles. The molecule has 4 aromatic rings. The first-order valence-electron chi connectivity index (χ1n) is 12.0. The number of carbonyl (C=O) groups is 1. The van der Waals surface area contributed by atoms with Crippen molar-refractivity contribution < 1.29 is 13.9 Å². The molecule has 0 saturated carbocycles. The van der Waals surface area contributed by atoms with Gasteiger partial charge in [0.2, 0.25) is 5.82 Å². The highest BCUT2D eigenvalue weighted by molar-refractivity contribution is 5.99. The second-order valence-corrected chi connectivity index (χ2v) is 9.60. The molecular weight excluding hydrogens is 473 g/mol. The van der Waals surface area contributed by atoms with Crippen LogP contribution < -0.4 is 4.74 Å². The average molecular weight is 498 g/mol. The first kappa shape index (κ1) is 22.9. The minimum Gasteiger partial charge on any atom is -0.496 e. The van der Waals surface area contributed by atoms with Gasteiger partial charge in [-0.1, -0.05) is 12.1 Å². The molecule has 10 heteroatoms. The van der Waals surface area contributed by atoms with Crippen molar-refractivity contribution >= 4 is 5.91 Å². The van der Waals surface area contributed by atoms with Gasteiger partial charge in [-0.15, -0.1) is 10.2 Å². The predicted octanol–water partition coefficient (Wildman–Crippen LogP) is 3.84. The molecule has 0 aliphatic carbocycles. The monoisotopic (exact) mass is 497 g/mol. The van der Waals surface area contributed by atoms with Crippen LogP contribution in [0.4, 0.5) is 4.39 Å². The number of ether oxygens (including phenoxy) is 1. The van der Waals surface area contributed by atoms with Crippen LogP contribution in [0.1, 0.15) is 29.4 Å². The number of aryl methyl sites for hydroxylation is 2. The van der Waals surface area contributed by atoms with Gasteiger partial charge < -0.3 is 14.2 Å². The number of halogens is 1. The Morgan fingerprint density at radius 2 is 1.92 bits per heavy atom. The van der Waals surface area contributed by atoms with Gasteiger partial charge in [0.15, 0.2) is 0 Å². The molecule has 1 atom stereocenters. The summed E-state index contributed by atoms with van der Waals surface area (Å²) in [7, 11) is 3.30. The lowest BCUT2D eigenvalue weighted by molar-refractivity contribution is 0.0294. The molecule has 1 amide bonds. The molecule has 6 rings (SSSR count). The number of methoxy groups -OCH3 is 1. The lowest BCUT2D eigenvalue weighted by atomic mass is 9.88. The molecule has 0 radical (unpaired) electrons. The minimum atomic E-state index is -0.817. The largest absolute Gasteiger partial charge is 0.496 e. The smallest absolute Gasteiger partial charge is 0.271 e. The molecule has 186 valence electrons. The maximum absolute atomic E-state index is 13.8. The summed E-state index contributed by atoms with van der Waals surface area (Å²) in [4.78, 5) is 16.7. The molecule has 0 bridgehead atoms. The first-order valence-corrected chi connectivity index (χ1v) is 12.0. The number of fused-ring (bicyclic) bond motifs is 3. The van der Waals surface area contributed by atoms with E-state index in [9.17, 15) is 14.4 Å². The highest BCUT2D eigenvalue weighted by Crippen LogP contribution is 2.44. The highest BCUT2D eigenvalue weighted by atomic mass is 19.1. The van der Waals surface area contributed by atoms with Crippen molar-refractivity contribution in [3.63, 3.8) is 0 Å². The van der Waals surface area contributed by atoms with Gasteiger partial charge in [-0.25, -0.2) is 4.39 Å². The Hall–Kier alpha value is -4.52. The first-order chi connectivity index (χ1) is 17.8. The van der Waals surface area contributed by atoms with E-state index in [1.165, 1.54) is 16.9 Å². The van der Waals surface area contributed by atoms with Crippen LogP contribution in [0, 0.1) is 17.1 Å². The summed E-state index contributed by atoms with van der Waals surface area (Å²) < 4.78 is 21.5. The molecule has 0 unspecified atom stereocenters. The van der Waals surface area contributed by atoms with Crippen molar-refractivity contribution in [3.05, 3.63) is 59.5 Å². The van der Waals surface area contributed by atoms with Crippen molar-refractivity contribution in [1.29, 1.82) is 5.26 Å². The third-order valence-corrected chi connectivity index (χ3v) is 7.41. The Morgan fingerprint density at radius 3 is 2.54 bits per heavy atom. The van der Waals surface area contributed by atoms with E-state index < -0.39 is 5.54 Å². The van der Waals surface area contributed by atoms with Gasteiger partial charge in [0.05, 0.1) is 31.5 Å². The van der Waals surface area contributed by atoms with E-state index in [1.54, 1.807) is 38.1 Å². The number of tetrazole rings is 1. The molecule has 37 heavy (non-hydrogen) atoms. The number of likely N-dealkylation sites (tertiary alicyclic amines) is 1. The van der Waals surface area contributed by atoms with Crippen LogP contribution in [0.15, 0.2) is 42.5 Å². The van der Waals surface area contributed by atoms with E-state index in [0.717, 1.165) is 27.9 Å². The summed E-state index contributed by atoms with van der Waals surface area (Å²) in [5.41, 5.74) is 4.80. The molecule has 9 nitrogen and oxygen atoms in total. The molecule has 1 fully saturated rings. The maximum atomic E-state index is 13.8. The van der Waals surface area contributed by atoms with Crippen molar-refractivity contribution in [2.75, 3.05) is 13.7 Å². The van der Waals surface area contributed by atoms with Crippen molar-refractivity contribution in [2.24, 2.45) is 7.05 Å². The number of hydrogen-bond acceptors (Lipinski definition) is 6. The fourth-order valence-electron chi connectivity index (χ4n) is 5.25. The Balaban J connectivity index is 1.57. The van der Waals surface area contributed by atoms with E-state index in [4.69, 9.17) is 4.74 Å². The van der Waals surface area contributed by atoms with Gasteiger partial charge in [0, 0.05) is 30.6 Å². The second kappa shape index (κ2) is 8.27. The third-order valence-electron chi connectivity index (χ3n) is 7.41. The summed E-state index contributed by atoms with van der Waals surface area (Å²) in [5.74, 6) is 0.546. The lowest BCUT2D eigenvalue weighted by Crippen LogP contribution is -2.59. The van der Waals surface area contributed by atoms with Crippen LogP contribution in [-0.2, 0) is 20.0 Å². The Labute approximate surface area is 212 Å². The van der Waals surface area contributed by atoms with Crippen LogP contribution >= 0.6 is 0 Å². The Kier molecular flexibility index (Phi) is 5.12. The lowest BCUT2D eigenvalue weighted by Gasteiger charge is -2.45. The van der Waals surface area contributed by atoms with Gasteiger partial charge in [0.25, 0.3) is 5.91 Å². The predicted molar refractivity (Wildman–Crippen MR) is 133 cm³/mol. The van der Waals surface area contributed by atoms with Crippen LogP contribution in [0.25, 0.3) is 33.8 Å². The quantitative estimate of drug-likeness (QED) is 0.425. The van der Waals surface area contributed by atoms with Crippen LogP contribution in [-0.4, -0.2) is 54.8 Å². The SMILES string of the molecule is COc1cc2c(cc1-c1nnn(C)n1)-c1c(-c3ccc(F)cc3)cc(C(=O)N3CC[C@]3(C)C#N)n1CC2. The number of benzene rings is 2.